The van der Waals surface area contributed by atoms with Gasteiger partial charge in [0.2, 0.25) is 0 Å². The standard InChI is InChI=1S/C22H28N2O2/c1-5-14-26-20-12-10-19(11-13-20)22(25)24-23-16(4)21-15-17(6-2)8-9-18(21)7-3/h8-13,15H,5-7,14H2,1-4H3,(H,24,25)/b23-16-. The molecule has 0 unspecified atom stereocenters. The van der Waals surface area contributed by atoms with Crippen molar-refractivity contribution in [2.45, 2.75) is 47.0 Å². The van der Waals surface area contributed by atoms with Crippen LogP contribution in [-0.4, -0.2) is 18.2 Å². The highest BCUT2D eigenvalue weighted by Crippen LogP contribution is 2.15. The molecule has 0 aliphatic rings. The lowest BCUT2D eigenvalue weighted by Gasteiger charge is -2.10. The Morgan fingerprint density at radius 2 is 1.77 bits per heavy atom. The molecular formula is C22H28N2O2. The molecule has 0 aliphatic heterocycles. The van der Waals surface area contributed by atoms with Gasteiger partial charge < -0.3 is 4.74 Å². The Morgan fingerprint density at radius 1 is 1.04 bits per heavy atom. The summed E-state index contributed by atoms with van der Waals surface area (Å²) >= 11 is 0. The number of hydrogen-bond acceptors (Lipinski definition) is 3. The molecule has 138 valence electrons. The molecule has 2 rings (SSSR count). The Bertz CT molecular complexity index is 764. The van der Waals surface area contributed by atoms with E-state index in [1.807, 2.05) is 6.92 Å². The number of nitrogens with one attached hydrogen (secondary N) is 1. The summed E-state index contributed by atoms with van der Waals surface area (Å²) in [6, 6.07) is 13.6. The highest BCUT2D eigenvalue weighted by molar-refractivity contribution is 6.02. The van der Waals surface area contributed by atoms with Gasteiger partial charge in [-0.25, -0.2) is 5.43 Å². The topological polar surface area (TPSA) is 50.7 Å². The molecule has 0 bridgehead atoms. The van der Waals surface area contributed by atoms with Crippen LogP contribution in [0.25, 0.3) is 0 Å². The second-order valence-corrected chi connectivity index (χ2v) is 6.21. The SMILES string of the molecule is CCCOc1ccc(C(=O)N/N=C(/C)c2cc(CC)ccc2CC)cc1. The molecule has 0 saturated carbocycles. The fraction of sp³-hybridized carbons (Fsp3) is 0.364. The van der Waals surface area contributed by atoms with Crippen LogP contribution in [0.1, 0.15) is 61.2 Å². The number of hydrogen-bond donors (Lipinski definition) is 1. The van der Waals surface area contributed by atoms with Crippen LogP contribution < -0.4 is 10.2 Å². The van der Waals surface area contributed by atoms with Gasteiger partial charge in [-0.1, -0.05) is 32.9 Å². The molecule has 0 atom stereocenters. The summed E-state index contributed by atoms with van der Waals surface area (Å²) in [5, 5.41) is 4.31. The summed E-state index contributed by atoms with van der Waals surface area (Å²) < 4.78 is 5.53. The number of nitrogens with zero attached hydrogens (tertiary/aromatic N) is 1. The molecule has 0 radical (unpaired) electrons. The summed E-state index contributed by atoms with van der Waals surface area (Å²) in [7, 11) is 0. The molecule has 26 heavy (non-hydrogen) atoms. The zero-order valence-electron chi connectivity index (χ0n) is 16.1. The highest BCUT2D eigenvalue weighted by atomic mass is 16.5. The largest absolute Gasteiger partial charge is 0.494 e. The van der Waals surface area contributed by atoms with Gasteiger partial charge in [-0.3, -0.25) is 4.79 Å². The molecule has 0 spiro atoms. The maximum absolute atomic E-state index is 12.3. The van der Waals surface area contributed by atoms with Crippen LogP contribution in [0.4, 0.5) is 0 Å². The van der Waals surface area contributed by atoms with Crippen molar-refractivity contribution in [2.75, 3.05) is 6.61 Å². The first kappa shape index (κ1) is 19.7. The number of amides is 1. The summed E-state index contributed by atoms with van der Waals surface area (Å²) in [6.45, 7) is 8.91. The van der Waals surface area contributed by atoms with E-state index >= 15 is 0 Å². The van der Waals surface area contributed by atoms with E-state index in [-0.39, 0.29) is 5.91 Å². The molecule has 2 aromatic carbocycles. The molecule has 1 amide bonds. The molecule has 2 aromatic rings. The number of ether oxygens (including phenoxy) is 1. The van der Waals surface area contributed by atoms with Gasteiger partial charge >= 0.3 is 0 Å². The monoisotopic (exact) mass is 352 g/mol. The van der Waals surface area contributed by atoms with Crippen molar-refractivity contribution in [2.24, 2.45) is 5.10 Å². The number of hydrazone groups is 1. The van der Waals surface area contributed by atoms with Gasteiger partial charge in [-0.05, 0) is 67.6 Å². The van der Waals surface area contributed by atoms with Crippen molar-refractivity contribution in [3.05, 3.63) is 64.7 Å². The van der Waals surface area contributed by atoms with Crippen molar-refractivity contribution in [3.8, 4) is 5.75 Å². The predicted octanol–water partition coefficient (Wildman–Crippen LogP) is 4.75. The van der Waals surface area contributed by atoms with Gasteiger partial charge in [0.25, 0.3) is 5.91 Å². The van der Waals surface area contributed by atoms with Crippen molar-refractivity contribution < 1.29 is 9.53 Å². The van der Waals surface area contributed by atoms with Gasteiger partial charge in [-0.2, -0.15) is 5.10 Å². The van der Waals surface area contributed by atoms with Crippen molar-refractivity contribution in [1.82, 2.24) is 5.43 Å². The lowest BCUT2D eigenvalue weighted by molar-refractivity contribution is 0.0955. The first-order chi connectivity index (χ1) is 12.6. The molecule has 1 N–H and O–H groups in total. The second kappa shape index (κ2) is 9.76. The van der Waals surface area contributed by atoms with E-state index in [4.69, 9.17) is 4.74 Å². The van der Waals surface area contributed by atoms with E-state index in [1.54, 1.807) is 24.3 Å². The minimum atomic E-state index is -0.226. The van der Waals surface area contributed by atoms with Gasteiger partial charge in [-0.15, -0.1) is 0 Å². The molecule has 0 saturated heterocycles. The number of rotatable bonds is 8. The number of aryl methyl sites for hydroxylation is 2. The first-order valence-corrected chi connectivity index (χ1v) is 9.28. The minimum Gasteiger partial charge on any atom is -0.494 e. The maximum Gasteiger partial charge on any atom is 0.271 e. The minimum absolute atomic E-state index is 0.226. The number of carbonyl (C=O) groups excluding carboxylic acids is 1. The van der Waals surface area contributed by atoms with E-state index in [1.165, 1.54) is 11.1 Å². The Hall–Kier alpha value is -2.62. The summed E-state index contributed by atoms with van der Waals surface area (Å²) in [6.07, 6.45) is 2.86. The maximum atomic E-state index is 12.3. The van der Waals surface area contributed by atoms with Gasteiger partial charge in [0.05, 0.1) is 12.3 Å². The average Bonchev–Trinajstić information content (AvgIpc) is 2.69. The Morgan fingerprint density at radius 3 is 2.38 bits per heavy atom. The fourth-order valence-electron chi connectivity index (χ4n) is 2.67. The van der Waals surface area contributed by atoms with Gasteiger partial charge in [0, 0.05) is 11.1 Å². The first-order valence-electron chi connectivity index (χ1n) is 9.28. The van der Waals surface area contributed by atoms with Crippen LogP contribution in [-0.2, 0) is 12.8 Å². The Labute approximate surface area is 156 Å². The number of benzene rings is 2. The van der Waals surface area contributed by atoms with Crippen LogP contribution in [0.2, 0.25) is 0 Å². The third kappa shape index (κ3) is 5.19. The highest BCUT2D eigenvalue weighted by Gasteiger charge is 2.08. The number of carbonyl (C=O) groups is 1. The molecule has 4 heteroatoms. The molecule has 0 aliphatic carbocycles. The van der Waals surface area contributed by atoms with E-state index in [0.29, 0.717) is 12.2 Å². The van der Waals surface area contributed by atoms with E-state index in [9.17, 15) is 4.79 Å². The molecular weight excluding hydrogens is 324 g/mol. The molecule has 4 nitrogen and oxygen atoms in total. The lowest BCUT2D eigenvalue weighted by atomic mass is 9.98. The van der Waals surface area contributed by atoms with Crippen LogP contribution in [0.5, 0.6) is 5.75 Å². The smallest absolute Gasteiger partial charge is 0.271 e. The van der Waals surface area contributed by atoms with Crippen molar-refractivity contribution in [1.29, 1.82) is 0 Å². The Kier molecular flexibility index (Phi) is 7.39. The molecule has 0 aromatic heterocycles. The van der Waals surface area contributed by atoms with E-state index in [2.05, 4.69) is 49.5 Å². The Balaban J connectivity index is 2.09. The fourth-order valence-corrected chi connectivity index (χ4v) is 2.67. The second-order valence-electron chi connectivity index (χ2n) is 6.21. The van der Waals surface area contributed by atoms with Crippen molar-refractivity contribution in [3.63, 3.8) is 0 Å². The van der Waals surface area contributed by atoms with Crippen LogP contribution in [0, 0.1) is 0 Å². The average molecular weight is 352 g/mol. The van der Waals surface area contributed by atoms with E-state index in [0.717, 1.165) is 36.3 Å². The summed E-state index contributed by atoms with van der Waals surface area (Å²) in [5.41, 5.74) is 7.62. The normalized spacial score (nSPS) is 11.3. The quantitative estimate of drug-likeness (QED) is 0.550. The predicted molar refractivity (Wildman–Crippen MR) is 107 cm³/mol. The van der Waals surface area contributed by atoms with Gasteiger partial charge in [0.15, 0.2) is 0 Å². The van der Waals surface area contributed by atoms with E-state index < -0.39 is 0 Å². The molecule has 0 heterocycles. The summed E-state index contributed by atoms with van der Waals surface area (Å²) in [4.78, 5) is 12.3. The van der Waals surface area contributed by atoms with Gasteiger partial charge in [0.1, 0.15) is 5.75 Å². The van der Waals surface area contributed by atoms with Crippen LogP contribution in [0.3, 0.4) is 0 Å². The zero-order valence-corrected chi connectivity index (χ0v) is 16.1. The summed E-state index contributed by atoms with van der Waals surface area (Å²) in [5.74, 6) is 0.545. The van der Waals surface area contributed by atoms with Crippen LogP contribution >= 0.6 is 0 Å². The zero-order chi connectivity index (χ0) is 18.9. The third-order valence-electron chi connectivity index (χ3n) is 4.27. The molecule has 0 fully saturated rings. The lowest BCUT2D eigenvalue weighted by Crippen LogP contribution is -2.19. The van der Waals surface area contributed by atoms with Crippen LogP contribution in [0.15, 0.2) is 47.6 Å². The third-order valence-corrected chi connectivity index (χ3v) is 4.27. The van der Waals surface area contributed by atoms with Crippen molar-refractivity contribution >= 4 is 11.6 Å².